The van der Waals surface area contributed by atoms with Crippen molar-refractivity contribution in [2.45, 2.75) is 5.41 Å². The summed E-state index contributed by atoms with van der Waals surface area (Å²) >= 11 is 0. The van der Waals surface area contributed by atoms with Crippen LogP contribution in [0.1, 0.15) is 22.3 Å². The monoisotopic (exact) mass is 409 g/mol. The Balaban J connectivity index is 1.63. The minimum atomic E-state index is -0.334. The Morgan fingerprint density at radius 2 is 0.938 bits per heavy atom. The van der Waals surface area contributed by atoms with E-state index in [1.807, 2.05) is 6.07 Å². The molecule has 5 aromatic carbocycles. The molecule has 1 heteroatoms. The van der Waals surface area contributed by atoms with Crippen molar-refractivity contribution >= 4 is 11.4 Å². The number of benzene rings is 5. The first-order valence-electron chi connectivity index (χ1n) is 11.0. The minimum Gasteiger partial charge on any atom is -0.356 e. The molecule has 0 atom stereocenters. The Morgan fingerprint density at radius 1 is 0.406 bits per heavy atom. The third-order valence-electron chi connectivity index (χ3n) is 6.52. The van der Waals surface area contributed by atoms with Gasteiger partial charge in [-0.05, 0) is 57.6 Å². The Hall–Kier alpha value is -4.10. The van der Waals surface area contributed by atoms with Crippen molar-refractivity contribution in [2.24, 2.45) is 0 Å². The number of hydrogen-bond donors (Lipinski definition) is 1. The molecule has 1 nitrogen and oxygen atoms in total. The highest BCUT2D eigenvalue weighted by atomic mass is 14.9. The molecule has 0 aliphatic heterocycles. The number of hydrogen-bond acceptors (Lipinski definition) is 1. The fourth-order valence-electron chi connectivity index (χ4n) is 5.22. The number of nitrogens with one attached hydrogen (secondary N) is 1. The Bertz CT molecular complexity index is 1330. The molecule has 0 amide bonds. The maximum absolute atomic E-state index is 3.57. The third-order valence-corrected chi connectivity index (χ3v) is 6.52. The number of rotatable bonds is 4. The molecule has 0 saturated heterocycles. The van der Waals surface area contributed by atoms with Gasteiger partial charge in [0.05, 0.1) is 5.41 Å². The summed E-state index contributed by atoms with van der Waals surface area (Å²) in [4.78, 5) is 0. The second-order valence-electron chi connectivity index (χ2n) is 8.28. The quantitative estimate of drug-likeness (QED) is 0.313. The zero-order valence-electron chi connectivity index (χ0n) is 17.7. The predicted molar refractivity (Wildman–Crippen MR) is 133 cm³/mol. The van der Waals surface area contributed by atoms with Gasteiger partial charge >= 0.3 is 0 Å². The van der Waals surface area contributed by atoms with Crippen LogP contribution in [-0.4, -0.2) is 0 Å². The van der Waals surface area contributed by atoms with Crippen LogP contribution in [0.5, 0.6) is 0 Å². The number of fused-ring (bicyclic) bond motifs is 3. The van der Waals surface area contributed by atoms with E-state index in [1.165, 1.54) is 33.4 Å². The van der Waals surface area contributed by atoms with Gasteiger partial charge in [0, 0.05) is 11.4 Å². The first kappa shape index (κ1) is 18.7. The second kappa shape index (κ2) is 7.55. The third kappa shape index (κ3) is 2.79. The lowest BCUT2D eigenvalue weighted by Gasteiger charge is -2.33. The predicted octanol–water partition coefficient (Wildman–Crippen LogP) is 7.79. The molecule has 32 heavy (non-hydrogen) atoms. The number of anilines is 2. The largest absolute Gasteiger partial charge is 0.356 e. The van der Waals surface area contributed by atoms with Gasteiger partial charge in [-0.1, -0.05) is 109 Å². The molecule has 0 saturated carbocycles. The topological polar surface area (TPSA) is 12.0 Å². The van der Waals surface area contributed by atoms with Gasteiger partial charge in [0.2, 0.25) is 0 Å². The molecular formula is C31H23N. The van der Waals surface area contributed by atoms with E-state index in [9.17, 15) is 0 Å². The Labute approximate surface area is 189 Å². The van der Waals surface area contributed by atoms with E-state index >= 15 is 0 Å². The zero-order chi connectivity index (χ0) is 21.4. The summed E-state index contributed by atoms with van der Waals surface area (Å²) in [6.45, 7) is 0. The van der Waals surface area contributed by atoms with Crippen LogP contribution < -0.4 is 5.32 Å². The van der Waals surface area contributed by atoms with Crippen LogP contribution in [0.25, 0.3) is 11.1 Å². The maximum Gasteiger partial charge on any atom is 0.0713 e. The average molecular weight is 410 g/mol. The molecule has 152 valence electrons. The van der Waals surface area contributed by atoms with E-state index < -0.39 is 0 Å². The first-order chi connectivity index (χ1) is 15.9. The summed E-state index contributed by atoms with van der Waals surface area (Å²) in [6.07, 6.45) is 0. The molecule has 0 bridgehead atoms. The van der Waals surface area contributed by atoms with Crippen molar-refractivity contribution in [3.63, 3.8) is 0 Å². The molecule has 0 radical (unpaired) electrons. The Morgan fingerprint density at radius 3 is 1.59 bits per heavy atom. The van der Waals surface area contributed by atoms with Crippen molar-refractivity contribution in [2.75, 3.05) is 5.32 Å². The van der Waals surface area contributed by atoms with E-state index in [-0.39, 0.29) is 5.41 Å². The molecule has 1 N–H and O–H groups in total. The van der Waals surface area contributed by atoms with Gasteiger partial charge in [-0.15, -0.1) is 0 Å². The second-order valence-corrected chi connectivity index (χ2v) is 8.28. The van der Waals surface area contributed by atoms with Crippen molar-refractivity contribution in [3.05, 3.63) is 156 Å². The summed E-state index contributed by atoms with van der Waals surface area (Å²) in [7, 11) is 0. The van der Waals surface area contributed by atoms with Crippen molar-refractivity contribution in [1.29, 1.82) is 0 Å². The van der Waals surface area contributed by atoms with Gasteiger partial charge in [0.15, 0.2) is 0 Å². The van der Waals surface area contributed by atoms with Crippen LogP contribution in [0.15, 0.2) is 133 Å². The van der Waals surface area contributed by atoms with Gasteiger partial charge < -0.3 is 5.32 Å². The van der Waals surface area contributed by atoms with Crippen molar-refractivity contribution < 1.29 is 0 Å². The maximum atomic E-state index is 3.57. The van der Waals surface area contributed by atoms with Crippen LogP contribution in [0, 0.1) is 0 Å². The van der Waals surface area contributed by atoms with Gasteiger partial charge in [0.25, 0.3) is 0 Å². The fourth-order valence-corrected chi connectivity index (χ4v) is 5.22. The van der Waals surface area contributed by atoms with Crippen LogP contribution >= 0.6 is 0 Å². The van der Waals surface area contributed by atoms with Gasteiger partial charge in [0.1, 0.15) is 0 Å². The molecule has 0 heterocycles. The molecule has 6 rings (SSSR count). The summed E-state index contributed by atoms with van der Waals surface area (Å²) in [5, 5.41) is 3.57. The Kier molecular flexibility index (Phi) is 4.40. The molecule has 1 aliphatic carbocycles. The SMILES string of the molecule is c1ccc(Nc2ccc3c(c2)-c2ccccc2C3(c2ccccc2)c2ccccc2)cc1. The van der Waals surface area contributed by atoms with E-state index in [1.54, 1.807) is 0 Å². The molecule has 0 unspecified atom stereocenters. The lowest BCUT2D eigenvalue weighted by Crippen LogP contribution is -2.28. The number of para-hydroxylation sites is 1. The summed E-state index contributed by atoms with van der Waals surface area (Å²) in [6, 6.07) is 47.8. The summed E-state index contributed by atoms with van der Waals surface area (Å²) in [5.41, 5.74) is 9.69. The highest BCUT2D eigenvalue weighted by molar-refractivity contribution is 5.88. The lowest BCUT2D eigenvalue weighted by molar-refractivity contribution is 0.768. The van der Waals surface area contributed by atoms with Crippen molar-refractivity contribution in [1.82, 2.24) is 0 Å². The highest BCUT2D eigenvalue weighted by Gasteiger charge is 2.45. The molecule has 1 aliphatic rings. The van der Waals surface area contributed by atoms with Gasteiger partial charge in [-0.2, -0.15) is 0 Å². The summed E-state index contributed by atoms with van der Waals surface area (Å²) in [5.74, 6) is 0. The molecule has 0 spiro atoms. The average Bonchev–Trinajstić information content (AvgIpc) is 3.16. The molecular weight excluding hydrogens is 386 g/mol. The van der Waals surface area contributed by atoms with Crippen LogP contribution in [0.4, 0.5) is 11.4 Å². The first-order valence-corrected chi connectivity index (χ1v) is 11.0. The highest BCUT2D eigenvalue weighted by Crippen LogP contribution is 2.56. The normalized spacial score (nSPS) is 13.2. The fraction of sp³-hybridized carbons (Fsp3) is 0.0323. The van der Waals surface area contributed by atoms with Crippen molar-refractivity contribution in [3.8, 4) is 11.1 Å². The molecule has 5 aromatic rings. The van der Waals surface area contributed by atoms with Gasteiger partial charge in [-0.25, -0.2) is 0 Å². The van der Waals surface area contributed by atoms with E-state index in [0.717, 1.165) is 11.4 Å². The smallest absolute Gasteiger partial charge is 0.0713 e. The zero-order valence-corrected chi connectivity index (χ0v) is 17.7. The minimum absolute atomic E-state index is 0.334. The van der Waals surface area contributed by atoms with Crippen LogP contribution in [0.3, 0.4) is 0 Å². The van der Waals surface area contributed by atoms with E-state index in [0.29, 0.717) is 0 Å². The van der Waals surface area contributed by atoms with Gasteiger partial charge in [-0.3, -0.25) is 0 Å². The summed E-state index contributed by atoms with van der Waals surface area (Å²) < 4.78 is 0. The van der Waals surface area contributed by atoms with Crippen LogP contribution in [0.2, 0.25) is 0 Å². The molecule has 0 aromatic heterocycles. The molecule has 0 fully saturated rings. The van der Waals surface area contributed by atoms with E-state index in [4.69, 9.17) is 0 Å². The standard InChI is InChI=1S/C31H23N/c1-4-12-23(13-5-1)31(24-14-6-2-7-15-24)29-19-11-10-18-27(29)28-22-26(20-21-30(28)31)32-25-16-8-3-9-17-25/h1-22,32H. The lowest BCUT2D eigenvalue weighted by atomic mass is 9.68. The van der Waals surface area contributed by atoms with Crippen LogP contribution in [-0.2, 0) is 5.41 Å². The van der Waals surface area contributed by atoms with E-state index in [2.05, 4.69) is 133 Å².